The predicted octanol–water partition coefficient (Wildman–Crippen LogP) is -0.374. The third-order valence-corrected chi connectivity index (χ3v) is 1.08. The first kappa shape index (κ1) is 11.3. The molecule has 74 valence electrons. The molecule has 0 radical (unpaired) electrons. The van der Waals surface area contributed by atoms with Crippen molar-refractivity contribution in [3.63, 3.8) is 0 Å². The molecule has 0 aliphatic heterocycles. The van der Waals surface area contributed by atoms with E-state index in [0.29, 0.717) is 12.2 Å². The number of nitrogens with one attached hydrogen (secondary N) is 2. The molecule has 13 heavy (non-hydrogen) atoms. The molecule has 0 aliphatic carbocycles. The van der Waals surface area contributed by atoms with E-state index in [1.54, 1.807) is 13.8 Å². The monoisotopic (exact) mass is 187 g/mol. The van der Waals surface area contributed by atoms with Gasteiger partial charge in [-0.05, 0) is 13.8 Å². The number of esters is 1. The van der Waals surface area contributed by atoms with Crippen molar-refractivity contribution in [2.45, 2.75) is 13.8 Å². The smallest absolute Gasteiger partial charge is 0.335 e. The molecule has 0 aliphatic rings. The minimum absolute atomic E-state index is 0.313. The number of amides is 2. The second-order valence-electron chi connectivity index (χ2n) is 2.18. The van der Waals surface area contributed by atoms with Gasteiger partial charge in [-0.1, -0.05) is 0 Å². The van der Waals surface area contributed by atoms with Gasteiger partial charge < -0.3 is 15.9 Å². The lowest BCUT2D eigenvalue weighted by Gasteiger charge is -2.03. The molecule has 0 aromatic heterocycles. The predicted molar refractivity (Wildman–Crippen MR) is 46.2 cm³/mol. The maximum Gasteiger partial charge on any atom is 0.335 e. The zero-order valence-corrected chi connectivity index (χ0v) is 7.59. The van der Waals surface area contributed by atoms with Gasteiger partial charge in [-0.25, -0.2) is 9.59 Å². The van der Waals surface area contributed by atoms with Crippen molar-refractivity contribution < 1.29 is 14.3 Å². The van der Waals surface area contributed by atoms with Crippen LogP contribution >= 0.6 is 0 Å². The molecule has 0 heterocycles. The Morgan fingerprint density at radius 3 is 2.62 bits per heavy atom. The van der Waals surface area contributed by atoms with Crippen molar-refractivity contribution in [1.29, 1.82) is 0 Å². The number of hydrogen-bond acceptors (Lipinski definition) is 4. The summed E-state index contributed by atoms with van der Waals surface area (Å²) in [7, 11) is 0. The summed E-state index contributed by atoms with van der Waals surface area (Å²) < 4.78 is 4.67. The number of hydrogen-bond donors (Lipinski definition) is 3. The molecule has 2 amide bonds. The van der Waals surface area contributed by atoms with E-state index in [1.807, 2.05) is 0 Å². The highest BCUT2D eigenvalue weighted by molar-refractivity contribution is 5.87. The van der Waals surface area contributed by atoms with Crippen LogP contribution in [0.15, 0.2) is 11.8 Å². The summed E-state index contributed by atoms with van der Waals surface area (Å²) in [6.45, 7) is 3.57. The van der Waals surface area contributed by atoms with Crippen LogP contribution in [0.1, 0.15) is 13.8 Å². The standard InChI is InChI=1S/C7H13N3O3/c1-3-13-6(11)5(2)4-9-10-7(8)12/h4,9H,3H2,1-2H3,(H3,8,10,12). The van der Waals surface area contributed by atoms with Crippen LogP contribution in [0.4, 0.5) is 4.79 Å². The number of carbonyl (C=O) groups excluding carboxylic acids is 2. The molecule has 0 saturated carbocycles. The second kappa shape index (κ2) is 5.87. The van der Waals surface area contributed by atoms with Gasteiger partial charge in [0.25, 0.3) is 0 Å². The lowest BCUT2D eigenvalue weighted by molar-refractivity contribution is -0.138. The van der Waals surface area contributed by atoms with E-state index in [2.05, 4.69) is 15.6 Å². The van der Waals surface area contributed by atoms with Crippen molar-refractivity contribution in [3.05, 3.63) is 11.8 Å². The average Bonchev–Trinajstić information content (AvgIpc) is 2.04. The van der Waals surface area contributed by atoms with Gasteiger partial charge in [0.2, 0.25) is 0 Å². The number of hydrazine groups is 1. The summed E-state index contributed by atoms with van der Waals surface area (Å²) >= 11 is 0. The lowest BCUT2D eigenvalue weighted by atomic mass is 10.3. The largest absolute Gasteiger partial charge is 0.463 e. The van der Waals surface area contributed by atoms with Gasteiger partial charge in [0.15, 0.2) is 0 Å². The Hall–Kier alpha value is -1.72. The van der Waals surface area contributed by atoms with Gasteiger partial charge >= 0.3 is 12.0 Å². The van der Waals surface area contributed by atoms with Crippen molar-refractivity contribution in [2.75, 3.05) is 6.61 Å². The first-order valence-electron chi connectivity index (χ1n) is 3.72. The van der Waals surface area contributed by atoms with Crippen molar-refractivity contribution in [2.24, 2.45) is 5.73 Å². The molecule has 0 fully saturated rings. The topological polar surface area (TPSA) is 93.4 Å². The number of nitrogens with two attached hydrogens (primary N) is 1. The number of ether oxygens (including phenoxy) is 1. The van der Waals surface area contributed by atoms with Gasteiger partial charge in [-0.3, -0.25) is 5.43 Å². The minimum Gasteiger partial charge on any atom is -0.463 e. The van der Waals surface area contributed by atoms with Crippen molar-refractivity contribution >= 4 is 12.0 Å². The summed E-state index contributed by atoms with van der Waals surface area (Å²) in [4.78, 5) is 21.1. The van der Waals surface area contributed by atoms with E-state index < -0.39 is 12.0 Å². The fourth-order valence-corrected chi connectivity index (χ4v) is 0.519. The first-order chi connectivity index (χ1) is 6.07. The van der Waals surface area contributed by atoms with Crippen LogP contribution in [-0.4, -0.2) is 18.6 Å². The number of primary amides is 1. The number of carbonyl (C=O) groups is 2. The van der Waals surface area contributed by atoms with Crippen molar-refractivity contribution in [1.82, 2.24) is 10.9 Å². The summed E-state index contributed by atoms with van der Waals surface area (Å²) in [5.41, 5.74) is 9.51. The molecule has 0 aromatic carbocycles. The molecule has 6 heteroatoms. The van der Waals surface area contributed by atoms with E-state index in [0.717, 1.165) is 0 Å². The van der Waals surface area contributed by atoms with Gasteiger partial charge in [-0.15, -0.1) is 0 Å². The molecule has 0 aromatic rings. The molecule has 0 saturated heterocycles. The molecule has 0 bridgehead atoms. The van der Waals surface area contributed by atoms with Crippen LogP contribution in [0.5, 0.6) is 0 Å². The van der Waals surface area contributed by atoms with E-state index in [-0.39, 0.29) is 0 Å². The molecule has 0 rings (SSSR count). The number of rotatable bonds is 4. The van der Waals surface area contributed by atoms with Crippen LogP contribution in [-0.2, 0) is 9.53 Å². The Morgan fingerprint density at radius 1 is 1.54 bits per heavy atom. The van der Waals surface area contributed by atoms with Crippen molar-refractivity contribution in [3.8, 4) is 0 Å². The fourth-order valence-electron chi connectivity index (χ4n) is 0.519. The lowest BCUT2D eigenvalue weighted by Crippen LogP contribution is -2.38. The second-order valence-corrected chi connectivity index (χ2v) is 2.18. The van der Waals surface area contributed by atoms with Gasteiger partial charge in [-0.2, -0.15) is 0 Å². The maximum atomic E-state index is 10.9. The van der Waals surface area contributed by atoms with Gasteiger partial charge in [0, 0.05) is 6.20 Å². The molecule has 0 atom stereocenters. The van der Waals surface area contributed by atoms with Gasteiger partial charge in [0.1, 0.15) is 0 Å². The zero-order chi connectivity index (χ0) is 10.3. The Bertz CT molecular complexity index is 225. The third kappa shape index (κ3) is 5.54. The first-order valence-corrected chi connectivity index (χ1v) is 3.72. The molecule has 6 nitrogen and oxygen atoms in total. The fraction of sp³-hybridized carbons (Fsp3) is 0.429. The maximum absolute atomic E-state index is 10.9. The average molecular weight is 187 g/mol. The highest BCUT2D eigenvalue weighted by Crippen LogP contribution is 1.93. The van der Waals surface area contributed by atoms with Crippen LogP contribution < -0.4 is 16.6 Å². The zero-order valence-electron chi connectivity index (χ0n) is 7.59. The van der Waals surface area contributed by atoms with Crippen LogP contribution in [0, 0.1) is 0 Å². The van der Waals surface area contributed by atoms with E-state index in [9.17, 15) is 9.59 Å². The number of urea groups is 1. The Balaban J connectivity index is 3.87. The van der Waals surface area contributed by atoms with Crippen LogP contribution in [0.25, 0.3) is 0 Å². The highest BCUT2D eigenvalue weighted by atomic mass is 16.5. The third-order valence-electron chi connectivity index (χ3n) is 1.08. The van der Waals surface area contributed by atoms with E-state index >= 15 is 0 Å². The molecule has 0 spiro atoms. The highest BCUT2D eigenvalue weighted by Gasteiger charge is 2.02. The molecule has 0 unspecified atom stereocenters. The van der Waals surface area contributed by atoms with E-state index in [4.69, 9.17) is 5.73 Å². The summed E-state index contributed by atoms with van der Waals surface area (Å²) in [5, 5.41) is 0. The Morgan fingerprint density at radius 2 is 2.15 bits per heavy atom. The molecular formula is C7H13N3O3. The van der Waals surface area contributed by atoms with Crippen LogP contribution in [0.2, 0.25) is 0 Å². The molecular weight excluding hydrogens is 174 g/mol. The Kier molecular flexibility index (Phi) is 5.09. The summed E-state index contributed by atoms with van der Waals surface area (Å²) in [5.74, 6) is -0.443. The quantitative estimate of drug-likeness (QED) is 0.318. The van der Waals surface area contributed by atoms with E-state index in [1.165, 1.54) is 6.20 Å². The van der Waals surface area contributed by atoms with Crippen LogP contribution in [0.3, 0.4) is 0 Å². The summed E-state index contributed by atoms with van der Waals surface area (Å²) in [6, 6.07) is -0.729. The normalized spacial score (nSPS) is 10.5. The molecule has 4 N–H and O–H groups in total. The summed E-state index contributed by atoms with van der Waals surface area (Å²) in [6.07, 6.45) is 1.29. The Labute approximate surface area is 76.1 Å². The minimum atomic E-state index is -0.729. The SMILES string of the molecule is CCOC(=O)C(C)=CNNC(N)=O. The van der Waals surface area contributed by atoms with Gasteiger partial charge in [0.05, 0.1) is 12.2 Å².